The van der Waals surface area contributed by atoms with E-state index in [4.69, 9.17) is 0 Å². The van der Waals surface area contributed by atoms with Gasteiger partial charge in [0, 0.05) is 18.3 Å². The molecule has 80 valence electrons. The van der Waals surface area contributed by atoms with E-state index >= 15 is 0 Å². The third-order valence-electron chi connectivity index (χ3n) is 2.54. The van der Waals surface area contributed by atoms with Gasteiger partial charge in [0.05, 0.1) is 0 Å². The SMILES string of the molecule is CCC(CS)CN(C)C(C)CSC. The van der Waals surface area contributed by atoms with E-state index in [1.807, 2.05) is 11.8 Å². The van der Waals surface area contributed by atoms with Crippen LogP contribution in [0.1, 0.15) is 20.3 Å². The van der Waals surface area contributed by atoms with Crippen LogP contribution in [0, 0.1) is 5.92 Å². The van der Waals surface area contributed by atoms with Gasteiger partial charge in [0.25, 0.3) is 0 Å². The van der Waals surface area contributed by atoms with Gasteiger partial charge in [-0.1, -0.05) is 13.3 Å². The lowest BCUT2D eigenvalue weighted by atomic mass is 10.1. The van der Waals surface area contributed by atoms with Gasteiger partial charge in [-0.25, -0.2) is 0 Å². The van der Waals surface area contributed by atoms with Gasteiger partial charge in [0.15, 0.2) is 0 Å². The molecule has 0 aromatic heterocycles. The molecule has 0 saturated carbocycles. The van der Waals surface area contributed by atoms with Crippen LogP contribution in [-0.2, 0) is 0 Å². The molecule has 0 aliphatic carbocycles. The standard InChI is InChI=1S/C10H23NS2/c1-5-10(7-12)6-11(3)9(2)8-13-4/h9-10,12H,5-8H2,1-4H3. The maximum atomic E-state index is 4.36. The first-order chi connectivity index (χ1) is 6.15. The molecule has 2 unspecified atom stereocenters. The van der Waals surface area contributed by atoms with E-state index in [0.717, 1.165) is 11.7 Å². The Morgan fingerprint density at radius 1 is 1.46 bits per heavy atom. The van der Waals surface area contributed by atoms with E-state index in [9.17, 15) is 0 Å². The van der Waals surface area contributed by atoms with Crippen LogP contribution in [-0.4, -0.2) is 42.3 Å². The zero-order chi connectivity index (χ0) is 10.3. The second-order valence-electron chi connectivity index (χ2n) is 3.70. The summed E-state index contributed by atoms with van der Waals surface area (Å²) in [5.74, 6) is 2.98. The van der Waals surface area contributed by atoms with Crippen LogP contribution in [0.3, 0.4) is 0 Å². The van der Waals surface area contributed by atoms with Crippen molar-refractivity contribution in [3.8, 4) is 0 Å². The average Bonchev–Trinajstić information content (AvgIpc) is 2.14. The average molecular weight is 221 g/mol. The Balaban J connectivity index is 3.75. The fourth-order valence-corrected chi connectivity index (χ4v) is 2.38. The quantitative estimate of drug-likeness (QED) is 0.658. The third-order valence-corrected chi connectivity index (χ3v) is 3.87. The van der Waals surface area contributed by atoms with Crippen LogP contribution in [0.25, 0.3) is 0 Å². The van der Waals surface area contributed by atoms with Crippen LogP contribution in [0.5, 0.6) is 0 Å². The summed E-state index contributed by atoms with van der Waals surface area (Å²) in [6.45, 7) is 5.72. The number of thioether (sulfide) groups is 1. The van der Waals surface area contributed by atoms with Gasteiger partial charge in [0.2, 0.25) is 0 Å². The molecule has 0 fully saturated rings. The summed E-state index contributed by atoms with van der Waals surface area (Å²) >= 11 is 6.28. The zero-order valence-corrected chi connectivity index (χ0v) is 11.0. The maximum Gasteiger partial charge on any atom is 0.0155 e. The molecule has 0 aliphatic heterocycles. The normalized spacial score (nSPS) is 16.2. The second-order valence-corrected chi connectivity index (χ2v) is 4.98. The molecule has 0 N–H and O–H groups in total. The van der Waals surface area contributed by atoms with Crippen molar-refractivity contribution in [3.05, 3.63) is 0 Å². The minimum atomic E-state index is 0.684. The van der Waals surface area contributed by atoms with Gasteiger partial charge in [0.1, 0.15) is 0 Å². The number of nitrogens with zero attached hydrogens (tertiary/aromatic N) is 1. The van der Waals surface area contributed by atoms with Crippen molar-refractivity contribution in [1.82, 2.24) is 4.90 Å². The predicted molar refractivity (Wildman–Crippen MR) is 68.1 cm³/mol. The summed E-state index contributed by atoms with van der Waals surface area (Å²) < 4.78 is 0. The van der Waals surface area contributed by atoms with Crippen molar-refractivity contribution in [1.29, 1.82) is 0 Å². The van der Waals surface area contributed by atoms with Gasteiger partial charge >= 0.3 is 0 Å². The minimum absolute atomic E-state index is 0.684. The topological polar surface area (TPSA) is 3.24 Å². The van der Waals surface area contributed by atoms with Gasteiger partial charge in [-0.05, 0) is 31.9 Å². The first kappa shape index (κ1) is 13.7. The van der Waals surface area contributed by atoms with Crippen LogP contribution >= 0.6 is 24.4 Å². The molecule has 1 nitrogen and oxygen atoms in total. The molecular weight excluding hydrogens is 198 g/mol. The van der Waals surface area contributed by atoms with E-state index in [0.29, 0.717) is 6.04 Å². The predicted octanol–water partition coefficient (Wildman–Crippen LogP) is 2.63. The van der Waals surface area contributed by atoms with Crippen molar-refractivity contribution < 1.29 is 0 Å². The molecule has 0 aromatic rings. The summed E-state index contributed by atoms with van der Waals surface area (Å²) in [7, 11) is 2.22. The van der Waals surface area contributed by atoms with Gasteiger partial charge in [-0.15, -0.1) is 0 Å². The summed E-state index contributed by atoms with van der Waals surface area (Å²) in [6.07, 6.45) is 3.40. The number of rotatable bonds is 7. The molecule has 0 amide bonds. The molecule has 2 atom stereocenters. The molecule has 0 heterocycles. The molecule has 0 radical (unpaired) electrons. The van der Waals surface area contributed by atoms with Crippen molar-refractivity contribution >= 4 is 24.4 Å². The lowest BCUT2D eigenvalue weighted by Gasteiger charge is -2.27. The lowest BCUT2D eigenvalue weighted by Crippen LogP contribution is -2.35. The maximum absolute atomic E-state index is 4.36. The van der Waals surface area contributed by atoms with E-state index < -0.39 is 0 Å². The molecule has 0 rings (SSSR count). The minimum Gasteiger partial charge on any atom is -0.303 e. The van der Waals surface area contributed by atoms with Crippen molar-refractivity contribution in [2.24, 2.45) is 5.92 Å². The fourth-order valence-electron chi connectivity index (χ4n) is 1.27. The van der Waals surface area contributed by atoms with E-state index in [1.165, 1.54) is 18.7 Å². The third kappa shape index (κ3) is 5.87. The van der Waals surface area contributed by atoms with Crippen LogP contribution in [0.15, 0.2) is 0 Å². The fraction of sp³-hybridized carbons (Fsp3) is 1.00. The van der Waals surface area contributed by atoms with Crippen molar-refractivity contribution in [2.45, 2.75) is 26.3 Å². The van der Waals surface area contributed by atoms with Crippen LogP contribution in [0.2, 0.25) is 0 Å². The Hall–Kier alpha value is 0.660. The highest BCUT2D eigenvalue weighted by Gasteiger charge is 2.12. The summed E-state index contributed by atoms with van der Waals surface area (Å²) in [6, 6.07) is 0.684. The van der Waals surface area contributed by atoms with E-state index in [-0.39, 0.29) is 0 Å². The largest absolute Gasteiger partial charge is 0.303 e. The first-order valence-corrected chi connectivity index (χ1v) is 6.98. The number of thiol groups is 1. The van der Waals surface area contributed by atoms with E-state index in [1.54, 1.807) is 0 Å². The molecule has 0 aromatic carbocycles. The van der Waals surface area contributed by atoms with Gasteiger partial charge in [-0.2, -0.15) is 24.4 Å². The summed E-state index contributed by atoms with van der Waals surface area (Å²) in [5.41, 5.74) is 0. The molecule has 0 bridgehead atoms. The highest BCUT2D eigenvalue weighted by atomic mass is 32.2. The number of hydrogen-bond acceptors (Lipinski definition) is 3. The Morgan fingerprint density at radius 3 is 2.46 bits per heavy atom. The Kier molecular flexibility index (Phi) is 8.42. The smallest absolute Gasteiger partial charge is 0.0155 e. The van der Waals surface area contributed by atoms with Gasteiger partial charge < -0.3 is 4.90 Å². The Labute approximate surface area is 93.1 Å². The highest BCUT2D eigenvalue weighted by Crippen LogP contribution is 2.10. The van der Waals surface area contributed by atoms with Gasteiger partial charge in [-0.3, -0.25) is 0 Å². The van der Waals surface area contributed by atoms with Crippen molar-refractivity contribution in [3.63, 3.8) is 0 Å². The summed E-state index contributed by atoms with van der Waals surface area (Å²) in [4.78, 5) is 2.45. The molecule has 0 saturated heterocycles. The highest BCUT2D eigenvalue weighted by molar-refractivity contribution is 7.98. The lowest BCUT2D eigenvalue weighted by molar-refractivity contribution is 0.240. The zero-order valence-electron chi connectivity index (χ0n) is 9.29. The van der Waals surface area contributed by atoms with E-state index in [2.05, 4.69) is 44.7 Å². The molecule has 0 aliphatic rings. The molecule has 0 spiro atoms. The molecular formula is C10H23NS2. The van der Waals surface area contributed by atoms with Crippen molar-refractivity contribution in [2.75, 3.05) is 31.4 Å². The van der Waals surface area contributed by atoms with Crippen LogP contribution < -0.4 is 0 Å². The second kappa shape index (κ2) is 8.01. The Bertz CT molecular complexity index is 115. The summed E-state index contributed by atoms with van der Waals surface area (Å²) in [5, 5.41) is 0. The number of hydrogen-bond donors (Lipinski definition) is 1. The molecule has 13 heavy (non-hydrogen) atoms. The van der Waals surface area contributed by atoms with Crippen LogP contribution in [0.4, 0.5) is 0 Å². The first-order valence-electron chi connectivity index (χ1n) is 4.95. The molecule has 3 heteroatoms. The monoisotopic (exact) mass is 221 g/mol. The Morgan fingerprint density at radius 2 is 2.08 bits per heavy atom.